The van der Waals surface area contributed by atoms with Crippen LogP contribution in [0, 0.1) is 0 Å². The molecule has 0 spiro atoms. The van der Waals surface area contributed by atoms with Crippen LogP contribution < -0.4 is 0 Å². The Balaban J connectivity index is 3.14. The Labute approximate surface area is 44.2 Å². The van der Waals surface area contributed by atoms with Crippen LogP contribution in [0.25, 0.3) is 0 Å². The van der Waals surface area contributed by atoms with Crippen molar-refractivity contribution >= 4 is 33.4 Å². The number of hydrogen-bond donors (Lipinski definition) is 0. The number of halogens is 2. The van der Waals surface area contributed by atoms with E-state index in [0.717, 1.165) is 0 Å². The number of rotatable bonds is 0. The Bertz CT molecular complexity index is 45.6. The quantitative estimate of drug-likeness (QED) is 0.428. The molecule has 0 unspecified atom stereocenters. The van der Waals surface area contributed by atoms with E-state index in [1.54, 1.807) is 0 Å². The van der Waals surface area contributed by atoms with Crippen LogP contribution in [-0.2, 0) is 0 Å². The molecule has 3 radical (unpaired) electrons. The van der Waals surface area contributed by atoms with Crippen molar-refractivity contribution in [2.24, 2.45) is 0 Å². The van der Waals surface area contributed by atoms with Gasteiger partial charge in [-0.2, -0.15) is 0 Å². The minimum absolute atomic E-state index is 0.238. The Morgan fingerprint density at radius 2 is 1.80 bits per heavy atom. The van der Waals surface area contributed by atoms with Crippen molar-refractivity contribution in [1.29, 1.82) is 0 Å². The Hall–Kier alpha value is 0.537. The molecule has 0 saturated carbocycles. The summed E-state index contributed by atoms with van der Waals surface area (Å²) < 4.78 is 0.238. The molecule has 0 atom stereocenters. The van der Waals surface area contributed by atoms with Crippen LogP contribution in [-0.4, -0.2) is 10.2 Å². The summed E-state index contributed by atoms with van der Waals surface area (Å²) in [5.41, 5.74) is 1.42. The molecule has 0 bridgehead atoms. The molecule has 27 valence electrons. The van der Waals surface area contributed by atoms with Crippen molar-refractivity contribution in [3.8, 4) is 0 Å². The average molecular weight is 124 g/mol. The van der Waals surface area contributed by atoms with Crippen molar-refractivity contribution < 1.29 is 0 Å². The molecule has 0 aliphatic heterocycles. The predicted octanol–water partition coefficient (Wildman–Crippen LogP) is 1.43. The van der Waals surface area contributed by atoms with E-state index in [-0.39, 0.29) is 4.49 Å². The molecule has 0 aliphatic carbocycles. The van der Waals surface area contributed by atoms with Crippen LogP contribution in [0.3, 0.4) is 0 Å². The zero-order valence-electron chi connectivity index (χ0n) is 2.33. The van der Waals surface area contributed by atoms with E-state index < -0.39 is 0 Å². The fourth-order valence-electron chi connectivity index (χ4n) is 0. The predicted molar refractivity (Wildman–Crippen MR) is 25.5 cm³/mol. The molecule has 0 saturated heterocycles. The van der Waals surface area contributed by atoms with E-state index in [0.29, 0.717) is 0 Å². The summed E-state index contributed by atoms with van der Waals surface area (Å²) in [6.07, 6.45) is 0. The van der Waals surface area contributed by atoms with E-state index in [2.05, 4.69) is 10.2 Å². The molecule has 0 aliphatic rings. The molecular weight excluding hydrogens is 123 g/mol. The maximum atomic E-state index is 5.04. The summed E-state index contributed by atoms with van der Waals surface area (Å²) in [6, 6.07) is 0. The molecular formula is C2HCl2Si. The van der Waals surface area contributed by atoms with Gasteiger partial charge >= 0.3 is 0 Å². The van der Waals surface area contributed by atoms with Gasteiger partial charge in [0, 0.05) is 0 Å². The topological polar surface area (TPSA) is 0 Å². The highest BCUT2D eigenvalue weighted by Crippen LogP contribution is 2.01. The van der Waals surface area contributed by atoms with Crippen molar-refractivity contribution in [2.45, 2.75) is 0 Å². The highest BCUT2D eigenvalue weighted by molar-refractivity contribution is 6.57. The molecule has 0 amide bonds. The Morgan fingerprint density at radius 1 is 1.60 bits per heavy atom. The van der Waals surface area contributed by atoms with Crippen LogP contribution >= 0.6 is 23.2 Å². The normalized spacial score (nSPS) is 7.00. The van der Waals surface area contributed by atoms with Gasteiger partial charge in [-0.3, -0.25) is 0 Å². The van der Waals surface area contributed by atoms with Crippen molar-refractivity contribution in [2.75, 3.05) is 0 Å². The number of hydrogen-bond acceptors (Lipinski definition) is 0. The first kappa shape index (κ1) is 5.54. The molecule has 5 heavy (non-hydrogen) atoms. The fourth-order valence-corrected chi connectivity index (χ4v) is 0. The van der Waals surface area contributed by atoms with E-state index in [4.69, 9.17) is 23.2 Å². The lowest BCUT2D eigenvalue weighted by atomic mass is 11.2. The molecule has 0 aromatic carbocycles. The van der Waals surface area contributed by atoms with Crippen LogP contribution in [0.2, 0.25) is 0 Å². The van der Waals surface area contributed by atoms with Gasteiger partial charge in [0.1, 0.15) is 0 Å². The SMILES string of the molecule is [Si]C=C(Cl)Cl. The Morgan fingerprint density at radius 3 is 1.80 bits per heavy atom. The molecule has 0 aromatic heterocycles. The smallest absolute Gasteiger partial charge is 0.0724 e. The Kier molecular flexibility index (Phi) is 3.05. The van der Waals surface area contributed by atoms with Gasteiger partial charge in [-0.1, -0.05) is 28.9 Å². The second-order valence-corrected chi connectivity index (χ2v) is 1.73. The molecule has 0 rings (SSSR count). The van der Waals surface area contributed by atoms with Gasteiger partial charge in [-0.15, -0.1) is 0 Å². The maximum Gasteiger partial charge on any atom is 0.0978 e. The lowest BCUT2D eigenvalue weighted by Crippen LogP contribution is -1.47. The van der Waals surface area contributed by atoms with Crippen molar-refractivity contribution in [1.82, 2.24) is 0 Å². The van der Waals surface area contributed by atoms with Gasteiger partial charge in [-0.05, 0) is 0 Å². The average Bonchev–Trinajstić information content (AvgIpc) is 1.38. The zero-order valence-corrected chi connectivity index (χ0v) is 4.85. The van der Waals surface area contributed by atoms with Crippen LogP contribution in [0.15, 0.2) is 10.2 Å². The summed E-state index contributed by atoms with van der Waals surface area (Å²) in [7, 11) is 2.93. The molecule has 0 nitrogen and oxygen atoms in total. The first-order valence-corrected chi connectivity index (χ1v) is 2.29. The van der Waals surface area contributed by atoms with Crippen molar-refractivity contribution in [3.63, 3.8) is 0 Å². The van der Waals surface area contributed by atoms with E-state index in [9.17, 15) is 0 Å². The first-order chi connectivity index (χ1) is 2.27. The third-order valence-electron chi connectivity index (χ3n) is 0.109. The van der Waals surface area contributed by atoms with Crippen molar-refractivity contribution in [3.05, 3.63) is 10.2 Å². The molecule has 0 fully saturated rings. The summed E-state index contributed by atoms with van der Waals surface area (Å²) in [4.78, 5) is 0. The lowest BCUT2D eigenvalue weighted by Gasteiger charge is -1.66. The summed E-state index contributed by atoms with van der Waals surface area (Å²) in [6.45, 7) is 0. The van der Waals surface area contributed by atoms with Gasteiger partial charge in [0.2, 0.25) is 0 Å². The van der Waals surface area contributed by atoms with Gasteiger partial charge in [-0.25, -0.2) is 0 Å². The third kappa shape index (κ3) is 4.54. The van der Waals surface area contributed by atoms with Gasteiger partial charge < -0.3 is 0 Å². The molecule has 3 heteroatoms. The molecule has 0 N–H and O–H groups in total. The monoisotopic (exact) mass is 123 g/mol. The first-order valence-electron chi connectivity index (χ1n) is 0.955. The fraction of sp³-hybridized carbons (Fsp3) is 0. The standard InChI is InChI=1S/C2HCl2Si/c3-2(4)1-5/h1H. The zero-order chi connectivity index (χ0) is 4.28. The summed E-state index contributed by atoms with van der Waals surface area (Å²) in [5.74, 6) is 0. The second kappa shape index (κ2) is 2.76. The summed E-state index contributed by atoms with van der Waals surface area (Å²) in [5, 5.41) is 0. The highest BCUT2D eigenvalue weighted by atomic mass is 35.5. The highest BCUT2D eigenvalue weighted by Gasteiger charge is 1.68. The van der Waals surface area contributed by atoms with Crippen LogP contribution in [0.5, 0.6) is 0 Å². The minimum atomic E-state index is 0.238. The van der Waals surface area contributed by atoms with Crippen LogP contribution in [0.4, 0.5) is 0 Å². The van der Waals surface area contributed by atoms with Gasteiger partial charge in [0.15, 0.2) is 0 Å². The second-order valence-electron chi connectivity index (χ2n) is 0.434. The van der Waals surface area contributed by atoms with Gasteiger partial charge in [0.25, 0.3) is 0 Å². The lowest BCUT2D eigenvalue weighted by molar-refractivity contribution is 2.36. The van der Waals surface area contributed by atoms with Gasteiger partial charge in [0.05, 0.1) is 14.7 Å². The molecule has 0 heterocycles. The largest absolute Gasteiger partial charge is 0.0978 e. The summed E-state index contributed by atoms with van der Waals surface area (Å²) >= 11 is 10.1. The third-order valence-corrected chi connectivity index (χ3v) is 0.982. The van der Waals surface area contributed by atoms with E-state index in [1.165, 1.54) is 5.70 Å². The van der Waals surface area contributed by atoms with E-state index >= 15 is 0 Å². The minimum Gasteiger partial charge on any atom is -0.0724 e. The van der Waals surface area contributed by atoms with Crippen LogP contribution in [0.1, 0.15) is 0 Å². The maximum absolute atomic E-state index is 5.04. The molecule has 0 aromatic rings. The van der Waals surface area contributed by atoms with E-state index in [1.807, 2.05) is 0 Å².